The highest BCUT2D eigenvalue weighted by atomic mass is 35.5. The Kier molecular flexibility index (Phi) is 5.38. The summed E-state index contributed by atoms with van der Waals surface area (Å²) in [6, 6.07) is 2.77. The number of hydrogen-bond acceptors (Lipinski definition) is 5. The highest BCUT2D eigenvalue weighted by molar-refractivity contribution is 6.33. The molecule has 7 heteroatoms. The molecule has 1 rings (SSSR count). The molecule has 0 aromatic heterocycles. The van der Waals surface area contributed by atoms with E-state index in [0.29, 0.717) is 10.7 Å². The van der Waals surface area contributed by atoms with Gasteiger partial charge in [-0.1, -0.05) is 25.4 Å². The molecule has 0 aliphatic rings. The molecular weight excluding hydrogens is 268 g/mol. The van der Waals surface area contributed by atoms with Crippen LogP contribution < -0.4 is 11.1 Å². The minimum Gasteiger partial charge on any atom is -0.393 e. The molecule has 106 valence electrons. The molecule has 0 spiro atoms. The van der Waals surface area contributed by atoms with Gasteiger partial charge in [-0.05, 0) is 26.1 Å². The lowest BCUT2D eigenvalue weighted by Crippen LogP contribution is -2.38. The molecule has 0 saturated carbocycles. The first kappa shape index (κ1) is 15.5. The van der Waals surface area contributed by atoms with E-state index in [2.05, 4.69) is 24.1 Å². The maximum absolute atomic E-state index is 10.9. The molecule has 0 aliphatic carbocycles. The van der Waals surface area contributed by atoms with Crippen LogP contribution in [0.25, 0.3) is 0 Å². The molecule has 0 saturated heterocycles. The summed E-state index contributed by atoms with van der Waals surface area (Å²) in [6.07, 6.45) is 0.0238. The fourth-order valence-electron chi connectivity index (χ4n) is 1.93. The lowest BCUT2D eigenvalue weighted by atomic mass is 10.2. The first-order valence-corrected chi connectivity index (χ1v) is 6.52. The number of benzene rings is 1. The zero-order valence-electron chi connectivity index (χ0n) is 11.3. The van der Waals surface area contributed by atoms with Crippen molar-refractivity contribution < 1.29 is 4.92 Å². The number of nitro benzene ring substituents is 1. The first-order chi connectivity index (χ1) is 8.90. The molecule has 1 atom stereocenters. The van der Waals surface area contributed by atoms with Gasteiger partial charge in [0.25, 0.3) is 5.69 Å². The fraction of sp³-hybridized carbons (Fsp3) is 0.500. The van der Waals surface area contributed by atoms with Crippen molar-refractivity contribution in [3.8, 4) is 0 Å². The monoisotopic (exact) mass is 286 g/mol. The third-order valence-corrected chi connectivity index (χ3v) is 3.35. The van der Waals surface area contributed by atoms with Gasteiger partial charge in [0.05, 0.1) is 21.8 Å². The number of nitrogens with zero attached hydrogens (tertiary/aromatic N) is 2. The van der Waals surface area contributed by atoms with Crippen LogP contribution in [-0.2, 0) is 0 Å². The van der Waals surface area contributed by atoms with Crippen molar-refractivity contribution in [1.29, 1.82) is 0 Å². The smallest absolute Gasteiger partial charge is 0.294 e. The maximum Gasteiger partial charge on any atom is 0.294 e. The number of nitrogens with two attached hydrogens (primary N) is 1. The van der Waals surface area contributed by atoms with E-state index in [9.17, 15) is 10.1 Å². The van der Waals surface area contributed by atoms with Gasteiger partial charge in [0, 0.05) is 6.07 Å². The van der Waals surface area contributed by atoms with Crippen LogP contribution >= 0.6 is 11.6 Å². The Morgan fingerprint density at radius 1 is 1.47 bits per heavy atom. The van der Waals surface area contributed by atoms with Crippen LogP contribution in [0.3, 0.4) is 0 Å². The molecule has 0 radical (unpaired) electrons. The van der Waals surface area contributed by atoms with Gasteiger partial charge < -0.3 is 11.1 Å². The van der Waals surface area contributed by atoms with Crippen molar-refractivity contribution >= 4 is 28.7 Å². The molecule has 19 heavy (non-hydrogen) atoms. The molecule has 1 aromatic carbocycles. The Bertz CT molecular complexity index is 463. The second kappa shape index (κ2) is 6.58. The molecule has 6 nitrogen and oxygen atoms in total. The van der Waals surface area contributed by atoms with Crippen molar-refractivity contribution in [1.82, 2.24) is 4.90 Å². The topological polar surface area (TPSA) is 84.4 Å². The first-order valence-electron chi connectivity index (χ1n) is 6.14. The predicted octanol–water partition coefficient (Wildman–Crippen LogP) is 2.93. The minimum absolute atomic E-state index is 0.0238. The van der Waals surface area contributed by atoms with Gasteiger partial charge in [0.2, 0.25) is 0 Å². The van der Waals surface area contributed by atoms with Crippen LogP contribution in [0.5, 0.6) is 0 Å². The average molecular weight is 287 g/mol. The SMILES string of the molecule is CCN(CC)C(C)Nc1cc([N+](=O)[O-])c(N)cc1Cl. The van der Waals surface area contributed by atoms with Crippen LogP contribution in [0.2, 0.25) is 5.02 Å². The van der Waals surface area contributed by atoms with E-state index in [1.807, 2.05) is 6.92 Å². The summed E-state index contributed by atoms with van der Waals surface area (Å²) in [5.41, 5.74) is 6.01. The Balaban J connectivity index is 3.01. The highest BCUT2D eigenvalue weighted by Crippen LogP contribution is 2.32. The van der Waals surface area contributed by atoms with E-state index < -0.39 is 4.92 Å². The van der Waals surface area contributed by atoms with Crippen molar-refractivity contribution in [2.75, 3.05) is 24.1 Å². The maximum atomic E-state index is 10.9. The van der Waals surface area contributed by atoms with E-state index in [4.69, 9.17) is 17.3 Å². The predicted molar refractivity (Wildman–Crippen MR) is 78.5 cm³/mol. The zero-order chi connectivity index (χ0) is 14.6. The summed E-state index contributed by atoms with van der Waals surface area (Å²) in [5, 5.41) is 14.4. The van der Waals surface area contributed by atoms with E-state index in [-0.39, 0.29) is 17.5 Å². The second-order valence-corrected chi connectivity index (χ2v) is 4.60. The number of halogens is 1. The van der Waals surface area contributed by atoms with Crippen LogP contribution in [-0.4, -0.2) is 29.1 Å². The summed E-state index contributed by atoms with van der Waals surface area (Å²) in [6.45, 7) is 7.83. The molecular formula is C12H19ClN4O2. The zero-order valence-corrected chi connectivity index (χ0v) is 12.1. The van der Waals surface area contributed by atoms with Crippen molar-refractivity contribution in [3.05, 3.63) is 27.3 Å². The Morgan fingerprint density at radius 2 is 2.05 bits per heavy atom. The number of hydrogen-bond donors (Lipinski definition) is 2. The Morgan fingerprint density at radius 3 is 2.53 bits per heavy atom. The lowest BCUT2D eigenvalue weighted by molar-refractivity contribution is -0.383. The van der Waals surface area contributed by atoms with Gasteiger partial charge in [-0.15, -0.1) is 0 Å². The van der Waals surface area contributed by atoms with E-state index in [1.165, 1.54) is 12.1 Å². The van der Waals surface area contributed by atoms with Crippen molar-refractivity contribution in [2.45, 2.75) is 26.9 Å². The van der Waals surface area contributed by atoms with E-state index in [0.717, 1.165) is 13.1 Å². The standard InChI is InChI=1S/C12H19ClN4O2/c1-4-16(5-2)8(3)15-11-7-12(17(18)19)10(14)6-9(11)13/h6-8,15H,4-5,14H2,1-3H3. The second-order valence-electron chi connectivity index (χ2n) is 4.19. The van der Waals surface area contributed by atoms with Gasteiger partial charge in [0.15, 0.2) is 0 Å². The summed E-state index contributed by atoms with van der Waals surface area (Å²) < 4.78 is 0. The number of rotatable bonds is 6. The molecule has 1 aromatic rings. The van der Waals surface area contributed by atoms with Crippen LogP contribution in [0.1, 0.15) is 20.8 Å². The Labute approximate surface area is 117 Å². The van der Waals surface area contributed by atoms with Gasteiger partial charge >= 0.3 is 0 Å². The molecule has 0 heterocycles. The summed E-state index contributed by atoms with van der Waals surface area (Å²) in [7, 11) is 0. The number of nitrogen functional groups attached to an aromatic ring is 1. The van der Waals surface area contributed by atoms with Crippen LogP contribution in [0.4, 0.5) is 17.1 Å². The molecule has 3 N–H and O–H groups in total. The molecule has 1 unspecified atom stereocenters. The van der Waals surface area contributed by atoms with Gasteiger partial charge in [-0.3, -0.25) is 15.0 Å². The highest BCUT2D eigenvalue weighted by Gasteiger charge is 2.17. The lowest BCUT2D eigenvalue weighted by Gasteiger charge is -2.28. The molecule has 0 bridgehead atoms. The normalized spacial score (nSPS) is 12.5. The number of nitrogens with one attached hydrogen (secondary N) is 1. The average Bonchev–Trinajstić information content (AvgIpc) is 2.33. The quantitative estimate of drug-likeness (QED) is 0.363. The van der Waals surface area contributed by atoms with Crippen molar-refractivity contribution in [2.24, 2.45) is 0 Å². The molecule has 0 fully saturated rings. The summed E-state index contributed by atoms with van der Waals surface area (Å²) in [4.78, 5) is 12.5. The molecule has 0 aliphatic heterocycles. The van der Waals surface area contributed by atoms with Crippen molar-refractivity contribution in [3.63, 3.8) is 0 Å². The van der Waals surface area contributed by atoms with Crippen LogP contribution in [0, 0.1) is 10.1 Å². The van der Waals surface area contributed by atoms with Gasteiger partial charge in [0.1, 0.15) is 5.69 Å². The van der Waals surface area contributed by atoms with Crippen LogP contribution in [0.15, 0.2) is 12.1 Å². The largest absolute Gasteiger partial charge is 0.393 e. The number of anilines is 2. The van der Waals surface area contributed by atoms with E-state index in [1.54, 1.807) is 0 Å². The third-order valence-electron chi connectivity index (χ3n) is 3.04. The molecule has 0 amide bonds. The third kappa shape index (κ3) is 3.71. The van der Waals surface area contributed by atoms with Gasteiger partial charge in [-0.2, -0.15) is 0 Å². The fourth-order valence-corrected chi connectivity index (χ4v) is 2.16. The number of nitro groups is 1. The Hall–Kier alpha value is -1.53. The summed E-state index contributed by atoms with van der Waals surface area (Å²) >= 11 is 6.06. The van der Waals surface area contributed by atoms with Gasteiger partial charge in [-0.25, -0.2) is 0 Å². The minimum atomic E-state index is -0.515. The van der Waals surface area contributed by atoms with E-state index >= 15 is 0 Å². The summed E-state index contributed by atoms with van der Waals surface area (Å²) in [5.74, 6) is 0.